The number of halogens is 2. The number of guanidine groups is 1. The molecule has 8 heteroatoms. The molecule has 0 spiro atoms. The van der Waals surface area contributed by atoms with E-state index in [4.69, 9.17) is 5.73 Å². The molecule has 0 saturated carbocycles. The Morgan fingerprint density at radius 2 is 1.72 bits per heavy atom. The number of nitrogens with two attached hydrogens (primary N) is 1. The summed E-state index contributed by atoms with van der Waals surface area (Å²) in [7, 11) is 0. The van der Waals surface area contributed by atoms with Gasteiger partial charge in [-0.15, -0.1) is 24.0 Å². The van der Waals surface area contributed by atoms with Crippen molar-refractivity contribution in [3.05, 3.63) is 59.9 Å². The highest BCUT2D eigenvalue weighted by Gasteiger charge is 2.25. The third-order valence-corrected chi connectivity index (χ3v) is 5.29. The summed E-state index contributed by atoms with van der Waals surface area (Å²) in [6.45, 7) is 4.44. The maximum absolute atomic E-state index is 13.1. The fourth-order valence-corrected chi connectivity index (χ4v) is 3.53. The van der Waals surface area contributed by atoms with Crippen LogP contribution in [0.3, 0.4) is 0 Å². The molecule has 154 valence electrons. The van der Waals surface area contributed by atoms with Gasteiger partial charge in [-0.1, -0.05) is 12.1 Å². The first kappa shape index (κ1) is 21.4. The molecule has 4 rings (SSSR count). The molecule has 2 aromatic rings. The van der Waals surface area contributed by atoms with Crippen LogP contribution in [-0.2, 0) is 11.3 Å². The number of anilines is 2. The Bertz CT molecular complexity index is 881. The molecular formula is C21H25FIN5O. The molecule has 2 N–H and O–H groups in total. The number of hydrogen-bond acceptors (Lipinski definition) is 3. The number of nitrogens with zero attached hydrogens (tertiary/aromatic N) is 4. The molecule has 2 aliphatic rings. The van der Waals surface area contributed by atoms with Gasteiger partial charge in [-0.25, -0.2) is 9.38 Å². The van der Waals surface area contributed by atoms with E-state index in [1.54, 1.807) is 17.0 Å². The van der Waals surface area contributed by atoms with Crippen molar-refractivity contribution in [1.82, 2.24) is 4.90 Å². The van der Waals surface area contributed by atoms with Crippen LogP contribution in [0.4, 0.5) is 15.8 Å². The van der Waals surface area contributed by atoms with Crippen LogP contribution >= 0.6 is 24.0 Å². The zero-order chi connectivity index (χ0) is 19.5. The van der Waals surface area contributed by atoms with Crippen molar-refractivity contribution in [3.63, 3.8) is 0 Å². The molecule has 29 heavy (non-hydrogen) atoms. The second kappa shape index (κ2) is 9.43. The van der Waals surface area contributed by atoms with E-state index < -0.39 is 0 Å². The number of amides is 1. The van der Waals surface area contributed by atoms with Gasteiger partial charge in [0.25, 0.3) is 0 Å². The number of carbonyl (C=O) groups is 1. The molecule has 0 bridgehead atoms. The predicted octanol–water partition coefficient (Wildman–Crippen LogP) is 2.82. The second-order valence-electron chi connectivity index (χ2n) is 7.09. The Labute approximate surface area is 187 Å². The highest BCUT2D eigenvalue weighted by atomic mass is 127. The number of β-lactam (4-membered cyclic amide) rings is 1. The molecule has 6 nitrogen and oxygen atoms in total. The van der Waals surface area contributed by atoms with E-state index in [0.29, 0.717) is 18.9 Å². The lowest BCUT2D eigenvalue weighted by atomic mass is 10.1. The third kappa shape index (κ3) is 4.98. The van der Waals surface area contributed by atoms with Crippen LogP contribution < -0.4 is 15.5 Å². The number of piperazine rings is 1. The van der Waals surface area contributed by atoms with Gasteiger partial charge in [0.2, 0.25) is 5.91 Å². The minimum absolute atomic E-state index is 0. The van der Waals surface area contributed by atoms with Crippen molar-refractivity contribution in [1.29, 1.82) is 0 Å². The van der Waals surface area contributed by atoms with Crippen molar-refractivity contribution in [2.24, 2.45) is 10.7 Å². The Kier molecular flexibility index (Phi) is 6.94. The van der Waals surface area contributed by atoms with Crippen LogP contribution in [-0.4, -0.2) is 49.5 Å². The fraction of sp³-hybridized carbons (Fsp3) is 0.333. The van der Waals surface area contributed by atoms with Crippen LogP contribution in [0.2, 0.25) is 0 Å². The fourth-order valence-electron chi connectivity index (χ4n) is 3.53. The van der Waals surface area contributed by atoms with E-state index in [1.807, 2.05) is 24.3 Å². The number of carbonyl (C=O) groups excluding carboxylic acids is 1. The zero-order valence-corrected chi connectivity index (χ0v) is 18.5. The van der Waals surface area contributed by atoms with Crippen LogP contribution in [0, 0.1) is 5.82 Å². The van der Waals surface area contributed by atoms with Gasteiger partial charge < -0.3 is 20.4 Å². The van der Waals surface area contributed by atoms with Gasteiger partial charge in [-0.2, -0.15) is 0 Å². The van der Waals surface area contributed by atoms with Gasteiger partial charge in [0, 0.05) is 50.5 Å². The van der Waals surface area contributed by atoms with Gasteiger partial charge in [0.05, 0.1) is 6.54 Å². The minimum Gasteiger partial charge on any atom is -0.370 e. The van der Waals surface area contributed by atoms with E-state index in [0.717, 1.165) is 49.7 Å². The van der Waals surface area contributed by atoms with Gasteiger partial charge >= 0.3 is 0 Å². The summed E-state index contributed by atoms with van der Waals surface area (Å²) in [5, 5.41) is 0. The Morgan fingerprint density at radius 3 is 2.34 bits per heavy atom. The van der Waals surface area contributed by atoms with E-state index >= 15 is 0 Å². The van der Waals surface area contributed by atoms with Crippen LogP contribution in [0.25, 0.3) is 0 Å². The van der Waals surface area contributed by atoms with Gasteiger partial charge in [-0.05, 0) is 42.0 Å². The zero-order valence-electron chi connectivity index (χ0n) is 16.1. The minimum atomic E-state index is -0.221. The molecule has 0 unspecified atom stereocenters. The second-order valence-corrected chi connectivity index (χ2v) is 7.09. The number of aliphatic imine (C=N–C) groups is 1. The molecule has 2 fully saturated rings. The number of rotatable bonds is 4. The summed E-state index contributed by atoms with van der Waals surface area (Å²) in [6.07, 6.45) is 0.624. The first-order valence-electron chi connectivity index (χ1n) is 9.55. The molecule has 0 aromatic heterocycles. The Balaban J connectivity index is 0.00000240. The van der Waals surface area contributed by atoms with E-state index in [1.165, 1.54) is 12.1 Å². The predicted molar refractivity (Wildman–Crippen MR) is 124 cm³/mol. The van der Waals surface area contributed by atoms with Crippen LogP contribution in [0.5, 0.6) is 0 Å². The van der Waals surface area contributed by atoms with Gasteiger partial charge in [0.15, 0.2) is 5.96 Å². The summed E-state index contributed by atoms with van der Waals surface area (Å²) >= 11 is 0. The summed E-state index contributed by atoms with van der Waals surface area (Å²) in [6, 6.07) is 14.5. The first-order valence-corrected chi connectivity index (χ1v) is 9.55. The standard InChI is InChI=1S/C21H24FN5O.HI/c22-17-4-6-18(7-5-17)25-10-12-26(13-11-25)21(23)24-15-16-2-1-3-19(14-16)27-9-8-20(27)28;/h1-7,14H,8-13,15H2,(H2,23,24);1H. The average molecular weight is 509 g/mol. The SMILES string of the molecule is I.NC(=NCc1cccc(N2CCC2=O)c1)N1CCN(c2ccc(F)cc2)CC1. The van der Waals surface area contributed by atoms with Crippen molar-refractivity contribution >= 4 is 47.2 Å². The maximum Gasteiger partial charge on any atom is 0.228 e. The molecule has 2 aromatic carbocycles. The molecule has 1 amide bonds. The molecule has 0 atom stereocenters. The third-order valence-electron chi connectivity index (χ3n) is 5.29. The van der Waals surface area contributed by atoms with Gasteiger partial charge in [0.1, 0.15) is 5.82 Å². The highest BCUT2D eigenvalue weighted by Crippen LogP contribution is 2.23. The van der Waals surface area contributed by atoms with Crippen LogP contribution in [0.15, 0.2) is 53.5 Å². The molecule has 2 heterocycles. The normalized spacial score (nSPS) is 17.1. The lowest BCUT2D eigenvalue weighted by molar-refractivity contribution is -0.122. The summed E-state index contributed by atoms with van der Waals surface area (Å²) < 4.78 is 13.1. The monoisotopic (exact) mass is 509 g/mol. The largest absolute Gasteiger partial charge is 0.370 e. The smallest absolute Gasteiger partial charge is 0.228 e. The number of benzene rings is 2. The van der Waals surface area contributed by atoms with Crippen molar-refractivity contribution in [3.8, 4) is 0 Å². The highest BCUT2D eigenvalue weighted by molar-refractivity contribution is 14.0. The van der Waals surface area contributed by atoms with Crippen LogP contribution in [0.1, 0.15) is 12.0 Å². The molecule has 0 aliphatic carbocycles. The Hall–Kier alpha value is -2.36. The quantitative estimate of drug-likeness (QED) is 0.298. The summed E-state index contributed by atoms with van der Waals surface area (Å²) in [5.41, 5.74) is 9.18. The number of hydrogen-bond donors (Lipinski definition) is 1. The van der Waals surface area contributed by atoms with Crippen molar-refractivity contribution in [2.75, 3.05) is 42.5 Å². The topological polar surface area (TPSA) is 65.2 Å². The lowest BCUT2D eigenvalue weighted by Gasteiger charge is -2.36. The molecule has 0 radical (unpaired) electrons. The first-order chi connectivity index (χ1) is 13.6. The molecular weight excluding hydrogens is 484 g/mol. The lowest BCUT2D eigenvalue weighted by Crippen LogP contribution is -2.51. The van der Waals surface area contributed by atoms with E-state index in [2.05, 4.69) is 14.8 Å². The average Bonchev–Trinajstić information content (AvgIpc) is 2.72. The molecule has 2 saturated heterocycles. The maximum atomic E-state index is 13.1. The van der Waals surface area contributed by atoms with Crippen molar-refractivity contribution < 1.29 is 9.18 Å². The van der Waals surface area contributed by atoms with Crippen molar-refractivity contribution in [2.45, 2.75) is 13.0 Å². The summed E-state index contributed by atoms with van der Waals surface area (Å²) in [4.78, 5) is 22.2. The summed E-state index contributed by atoms with van der Waals surface area (Å²) in [5.74, 6) is 0.477. The molecule has 2 aliphatic heterocycles. The van der Waals surface area contributed by atoms with E-state index in [-0.39, 0.29) is 35.7 Å². The Morgan fingerprint density at radius 1 is 1.00 bits per heavy atom. The van der Waals surface area contributed by atoms with E-state index in [9.17, 15) is 9.18 Å². The van der Waals surface area contributed by atoms with Gasteiger partial charge in [-0.3, -0.25) is 4.79 Å².